The molecular weight excluding hydrogens is 652 g/mol. The lowest BCUT2D eigenvalue weighted by molar-refractivity contribution is 0.103. The summed E-state index contributed by atoms with van der Waals surface area (Å²) in [6.45, 7) is 5.62. The van der Waals surface area contributed by atoms with Gasteiger partial charge in [0.1, 0.15) is 23.1 Å². The molecule has 1 N–H and O–H groups in total. The van der Waals surface area contributed by atoms with Gasteiger partial charge in [0.2, 0.25) is 5.78 Å². The highest BCUT2D eigenvalue weighted by molar-refractivity contribution is 9.10. The second-order valence-corrected chi connectivity index (χ2v) is 12.6. The Balaban J connectivity index is 1.35. The smallest absolute Gasteiger partial charge is 0.268 e. The summed E-state index contributed by atoms with van der Waals surface area (Å²) in [5.74, 6) is -1.90. The molecule has 2 heterocycles. The first-order valence-electron chi connectivity index (χ1n) is 13.2. The highest BCUT2D eigenvalue weighted by Crippen LogP contribution is 2.38. The van der Waals surface area contributed by atoms with Gasteiger partial charge in [-0.25, -0.2) is 26.2 Å². The topological polar surface area (TPSA) is 94.0 Å². The summed E-state index contributed by atoms with van der Waals surface area (Å²) >= 11 is 3.34. The van der Waals surface area contributed by atoms with Crippen LogP contribution in [0.25, 0.3) is 28.4 Å². The molecule has 2 aromatic heterocycles. The van der Waals surface area contributed by atoms with Gasteiger partial charge in [-0.05, 0) is 55.5 Å². The van der Waals surface area contributed by atoms with Gasteiger partial charge in [0.25, 0.3) is 10.0 Å². The van der Waals surface area contributed by atoms with E-state index in [4.69, 9.17) is 4.74 Å². The zero-order chi connectivity index (χ0) is 31.2. The lowest BCUT2D eigenvalue weighted by Crippen LogP contribution is -2.12. The van der Waals surface area contributed by atoms with E-state index in [1.807, 2.05) is 6.92 Å². The molecule has 0 bridgehead atoms. The molecule has 4 aromatic carbocycles. The number of ether oxygens (including phenoxy) is 1. The molecule has 0 saturated heterocycles. The average Bonchev–Trinajstić information content (AvgIpc) is 3.66. The van der Waals surface area contributed by atoms with E-state index in [2.05, 4.69) is 32.5 Å². The van der Waals surface area contributed by atoms with Crippen molar-refractivity contribution in [3.8, 4) is 22.9 Å². The Labute approximate surface area is 259 Å². The highest BCUT2D eigenvalue weighted by atomic mass is 79.9. The van der Waals surface area contributed by atoms with Crippen LogP contribution in [0.4, 0.5) is 8.78 Å². The molecule has 0 spiro atoms. The van der Waals surface area contributed by atoms with Crippen LogP contribution in [0, 0.1) is 18.6 Å². The van der Waals surface area contributed by atoms with Gasteiger partial charge in [0, 0.05) is 33.2 Å². The van der Waals surface area contributed by atoms with Gasteiger partial charge in [-0.1, -0.05) is 58.4 Å². The van der Waals surface area contributed by atoms with Gasteiger partial charge in [0.15, 0.2) is 11.6 Å². The predicted octanol–water partition coefficient (Wildman–Crippen LogP) is 8.28. The number of hydrogen-bond acceptors (Lipinski definition) is 5. The number of H-pyrrole nitrogens is 1. The number of benzene rings is 4. The second-order valence-electron chi connectivity index (χ2n) is 9.90. The number of carbonyl (C=O) groups excluding carboxylic acids is 1. The quantitative estimate of drug-likeness (QED) is 0.164. The maximum absolute atomic E-state index is 15.6. The fourth-order valence-electron chi connectivity index (χ4n) is 4.80. The number of aromatic nitrogens is 3. The SMILES string of the molecule is C=Cc1c(Oc2ccc(F)c(-c3ncc(C(=O)c4cccc(Br)c4)[nH]3)c2)c(F)cc2c1ccn2S(=O)(=O)c1ccc(C)cc1. The third kappa shape index (κ3) is 5.24. The van der Waals surface area contributed by atoms with Crippen LogP contribution >= 0.6 is 15.9 Å². The Hall–Kier alpha value is -4.87. The average molecular weight is 675 g/mol. The fraction of sp³-hybridized carbons (Fsp3) is 0.0303. The maximum atomic E-state index is 15.6. The van der Waals surface area contributed by atoms with E-state index in [0.29, 0.717) is 10.9 Å². The molecule has 0 fully saturated rings. The third-order valence-electron chi connectivity index (χ3n) is 7.01. The number of aryl methyl sites for hydroxylation is 1. The first kappa shape index (κ1) is 29.2. The molecule has 0 unspecified atom stereocenters. The molecule has 0 atom stereocenters. The lowest BCUT2D eigenvalue weighted by atomic mass is 10.1. The summed E-state index contributed by atoms with van der Waals surface area (Å²) < 4.78 is 64.9. The first-order chi connectivity index (χ1) is 21.1. The van der Waals surface area contributed by atoms with Crippen LogP contribution in [-0.4, -0.2) is 28.1 Å². The second kappa shape index (κ2) is 11.3. The van der Waals surface area contributed by atoms with Crippen molar-refractivity contribution < 1.29 is 26.7 Å². The molecule has 0 aliphatic carbocycles. The van der Waals surface area contributed by atoms with E-state index in [0.717, 1.165) is 26.1 Å². The van der Waals surface area contributed by atoms with E-state index in [9.17, 15) is 17.6 Å². The number of ketones is 1. The first-order valence-corrected chi connectivity index (χ1v) is 15.4. The largest absolute Gasteiger partial charge is 0.454 e. The molecular formula is C33H22BrF2N3O4S. The van der Waals surface area contributed by atoms with E-state index in [1.165, 1.54) is 48.8 Å². The third-order valence-corrected chi connectivity index (χ3v) is 9.20. The van der Waals surface area contributed by atoms with Crippen molar-refractivity contribution in [3.05, 3.63) is 136 Å². The number of fused-ring (bicyclic) bond motifs is 1. The minimum Gasteiger partial charge on any atom is -0.454 e. The monoisotopic (exact) mass is 673 g/mol. The van der Waals surface area contributed by atoms with E-state index < -0.39 is 21.7 Å². The Morgan fingerprint density at radius 1 is 1.02 bits per heavy atom. The molecule has 7 nitrogen and oxygen atoms in total. The van der Waals surface area contributed by atoms with Crippen LogP contribution < -0.4 is 4.74 Å². The van der Waals surface area contributed by atoms with Gasteiger partial charge < -0.3 is 9.72 Å². The molecule has 44 heavy (non-hydrogen) atoms. The van der Waals surface area contributed by atoms with Crippen LogP contribution in [0.3, 0.4) is 0 Å². The van der Waals surface area contributed by atoms with Crippen molar-refractivity contribution in [1.29, 1.82) is 0 Å². The van der Waals surface area contributed by atoms with Crippen molar-refractivity contribution in [1.82, 2.24) is 13.9 Å². The number of aromatic amines is 1. The molecule has 0 radical (unpaired) electrons. The summed E-state index contributed by atoms with van der Waals surface area (Å²) in [5.41, 5.74) is 1.77. The molecule has 11 heteroatoms. The maximum Gasteiger partial charge on any atom is 0.268 e. The van der Waals surface area contributed by atoms with Crippen LogP contribution in [0.15, 0.2) is 107 Å². The number of hydrogen-bond donors (Lipinski definition) is 1. The molecule has 6 rings (SSSR count). The van der Waals surface area contributed by atoms with Gasteiger partial charge in [-0.15, -0.1) is 0 Å². The summed E-state index contributed by atoms with van der Waals surface area (Å²) in [6, 6.07) is 19.5. The highest BCUT2D eigenvalue weighted by Gasteiger charge is 2.24. The lowest BCUT2D eigenvalue weighted by Gasteiger charge is -2.14. The molecule has 0 saturated carbocycles. The van der Waals surface area contributed by atoms with Crippen LogP contribution in [0.1, 0.15) is 27.2 Å². The zero-order valence-corrected chi connectivity index (χ0v) is 25.4. The van der Waals surface area contributed by atoms with Crippen LogP contribution in [0.5, 0.6) is 11.5 Å². The van der Waals surface area contributed by atoms with Crippen molar-refractivity contribution in [2.75, 3.05) is 0 Å². The van der Waals surface area contributed by atoms with Gasteiger partial charge >= 0.3 is 0 Å². The summed E-state index contributed by atoms with van der Waals surface area (Å²) in [6.07, 6.45) is 4.01. The Morgan fingerprint density at radius 2 is 1.80 bits per heavy atom. The number of nitrogens with zero attached hydrogens (tertiary/aromatic N) is 2. The number of carbonyl (C=O) groups is 1. The number of rotatable bonds is 8. The summed E-state index contributed by atoms with van der Waals surface area (Å²) in [4.78, 5) is 20.0. The van der Waals surface area contributed by atoms with Crippen LogP contribution in [-0.2, 0) is 10.0 Å². The number of imidazole rings is 1. The Kier molecular flexibility index (Phi) is 7.52. The van der Waals surface area contributed by atoms with Crippen molar-refractivity contribution >= 4 is 48.7 Å². The van der Waals surface area contributed by atoms with E-state index >= 15 is 4.39 Å². The van der Waals surface area contributed by atoms with Crippen molar-refractivity contribution in [2.45, 2.75) is 11.8 Å². The van der Waals surface area contributed by atoms with Gasteiger partial charge in [-0.3, -0.25) is 4.79 Å². The molecule has 220 valence electrons. The van der Waals surface area contributed by atoms with Gasteiger partial charge in [0.05, 0.1) is 22.2 Å². The number of halogens is 3. The fourth-order valence-corrected chi connectivity index (χ4v) is 6.54. The zero-order valence-electron chi connectivity index (χ0n) is 23.0. The van der Waals surface area contributed by atoms with E-state index in [-0.39, 0.29) is 50.3 Å². The summed E-state index contributed by atoms with van der Waals surface area (Å²) in [7, 11) is -4.02. The molecule has 0 aliphatic heterocycles. The Morgan fingerprint density at radius 3 is 2.52 bits per heavy atom. The standard InChI is InChI=1S/C33H22BrF2N3O4S/c1-3-24-25-13-14-39(44(41,42)23-10-7-19(2)8-11-23)30(25)17-28(36)32(24)43-22-9-12-27(35)26(16-22)33-37-18-29(38-33)31(40)20-5-4-6-21(34)15-20/h3-18H,1H2,2H3,(H,37,38). The van der Waals surface area contributed by atoms with Crippen molar-refractivity contribution in [3.63, 3.8) is 0 Å². The summed E-state index contributed by atoms with van der Waals surface area (Å²) in [5, 5.41) is 0.385. The minimum atomic E-state index is -4.02. The molecule has 6 aromatic rings. The van der Waals surface area contributed by atoms with E-state index in [1.54, 1.807) is 36.4 Å². The normalized spacial score (nSPS) is 11.5. The van der Waals surface area contributed by atoms with Gasteiger partial charge in [-0.2, -0.15) is 0 Å². The molecule has 0 amide bonds. The number of nitrogens with one attached hydrogen (secondary N) is 1. The predicted molar refractivity (Wildman–Crippen MR) is 167 cm³/mol. The van der Waals surface area contributed by atoms with Crippen LogP contribution in [0.2, 0.25) is 0 Å². The van der Waals surface area contributed by atoms with Crippen molar-refractivity contribution in [2.24, 2.45) is 0 Å². The Bertz CT molecular complexity index is 2210. The molecule has 0 aliphatic rings. The minimum absolute atomic E-state index is 0.00669.